The Morgan fingerprint density at radius 3 is 2.16 bits per heavy atom. The molecule has 43 heavy (non-hydrogen) atoms. The monoisotopic (exact) mass is 617 g/mol. The first kappa shape index (κ1) is 28.8. The molecule has 2 heterocycles. The first-order valence-corrected chi connectivity index (χ1v) is 14.2. The number of pyridine rings is 1. The fraction of sp³-hybridized carbons (Fsp3) is 0.118. The number of alkyl halides is 3. The van der Waals surface area contributed by atoms with Gasteiger partial charge in [-0.15, -0.1) is 0 Å². The van der Waals surface area contributed by atoms with Crippen molar-refractivity contribution in [2.45, 2.75) is 26.6 Å². The van der Waals surface area contributed by atoms with Gasteiger partial charge in [-0.3, -0.25) is 0 Å². The first-order chi connectivity index (χ1) is 20.6. The predicted octanol–water partition coefficient (Wildman–Crippen LogP) is 10.3. The van der Waals surface area contributed by atoms with E-state index in [1.165, 1.54) is 4.68 Å². The summed E-state index contributed by atoms with van der Waals surface area (Å²) in [5.41, 5.74) is 3.75. The minimum Gasteiger partial charge on any atom is -0.489 e. The van der Waals surface area contributed by atoms with Crippen molar-refractivity contribution in [2.75, 3.05) is 0 Å². The zero-order chi connectivity index (χ0) is 30.3. The van der Waals surface area contributed by atoms with E-state index >= 15 is 0 Å². The molecular weight excluding hydrogens is 594 g/mol. The van der Waals surface area contributed by atoms with Crippen LogP contribution in [-0.2, 0) is 12.8 Å². The van der Waals surface area contributed by atoms with Gasteiger partial charge in [-0.25, -0.2) is 9.67 Å². The predicted molar refractivity (Wildman–Crippen MR) is 165 cm³/mol. The number of hydrogen-bond donors (Lipinski definition) is 0. The van der Waals surface area contributed by atoms with Gasteiger partial charge in [0.25, 0.3) is 0 Å². The molecule has 0 atom stereocenters. The van der Waals surface area contributed by atoms with E-state index in [-0.39, 0.29) is 29.0 Å². The van der Waals surface area contributed by atoms with E-state index < -0.39 is 11.7 Å². The molecule has 9 heteroatoms. The van der Waals surface area contributed by atoms with E-state index in [0.717, 1.165) is 22.8 Å². The molecule has 2 aromatic heterocycles. The lowest BCUT2D eigenvalue weighted by Crippen LogP contribution is -2.08. The molecule has 0 radical (unpaired) electrons. The molecule has 0 N–H and O–H groups in total. The van der Waals surface area contributed by atoms with E-state index in [1.54, 1.807) is 60.7 Å². The van der Waals surface area contributed by atoms with Crippen molar-refractivity contribution in [1.82, 2.24) is 14.8 Å². The number of rotatable bonds is 6. The van der Waals surface area contributed by atoms with Crippen LogP contribution in [0.5, 0.6) is 5.75 Å². The Morgan fingerprint density at radius 2 is 1.49 bits per heavy atom. The number of aromatic nitrogens is 3. The van der Waals surface area contributed by atoms with E-state index in [4.69, 9.17) is 32.9 Å². The molecule has 216 valence electrons. The van der Waals surface area contributed by atoms with Crippen molar-refractivity contribution in [1.29, 1.82) is 0 Å². The maximum absolute atomic E-state index is 14.7. The van der Waals surface area contributed by atoms with Gasteiger partial charge in [-0.05, 0) is 67.9 Å². The fourth-order valence-corrected chi connectivity index (χ4v) is 5.16. The second-order valence-electron chi connectivity index (χ2n) is 10.2. The summed E-state index contributed by atoms with van der Waals surface area (Å²) in [6.45, 7) is 4.02. The van der Waals surface area contributed by atoms with E-state index in [1.807, 2.05) is 44.2 Å². The van der Waals surface area contributed by atoms with Crippen LogP contribution in [0.2, 0.25) is 10.0 Å². The van der Waals surface area contributed by atoms with Gasteiger partial charge in [-0.1, -0.05) is 77.3 Å². The average molecular weight is 618 g/mol. The summed E-state index contributed by atoms with van der Waals surface area (Å²) in [6, 6.07) is 27.6. The summed E-state index contributed by atoms with van der Waals surface area (Å²) in [5.74, 6) is 0.543. The van der Waals surface area contributed by atoms with E-state index in [0.29, 0.717) is 32.6 Å². The number of nitrogens with zero attached hydrogens (tertiary/aromatic N) is 3. The molecule has 0 saturated heterocycles. The van der Waals surface area contributed by atoms with Crippen molar-refractivity contribution in [2.24, 2.45) is 0 Å². The second kappa shape index (κ2) is 11.4. The van der Waals surface area contributed by atoms with Gasteiger partial charge in [0.05, 0.1) is 22.3 Å². The summed E-state index contributed by atoms with van der Waals surface area (Å²) < 4.78 is 51.5. The molecule has 0 saturated carbocycles. The van der Waals surface area contributed by atoms with E-state index in [2.05, 4.69) is 5.10 Å². The molecule has 0 aliphatic rings. The number of ether oxygens (including phenoxy) is 1. The first-order valence-electron chi connectivity index (χ1n) is 13.4. The van der Waals surface area contributed by atoms with Crippen LogP contribution in [0.4, 0.5) is 13.2 Å². The lowest BCUT2D eigenvalue weighted by molar-refractivity contribution is -0.136. The van der Waals surface area contributed by atoms with Gasteiger partial charge < -0.3 is 4.74 Å². The SMILES string of the molecule is Cc1ccc(-c2nn(-c3ccc(C)c(Cl)c3)c3nc(-c4ccc(OCc5ccccc5Cl)cc4)cc(C(F)(F)F)c23)cc1. The molecule has 0 fully saturated rings. The number of hydrogen-bond acceptors (Lipinski definition) is 3. The molecule has 0 amide bonds. The van der Waals surface area contributed by atoms with Gasteiger partial charge in [0.1, 0.15) is 18.1 Å². The summed E-state index contributed by atoms with van der Waals surface area (Å²) in [7, 11) is 0. The number of halogens is 5. The molecule has 6 rings (SSSR count). The molecule has 0 spiro atoms. The quantitative estimate of drug-likeness (QED) is 0.187. The van der Waals surface area contributed by atoms with Crippen molar-refractivity contribution < 1.29 is 17.9 Å². The van der Waals surface area contributed by atoms with Crippen molar-refractivity contribution in [3.05, 3.63) is 129 Å². The van der Waals surface area contributed by atoms with Crippen LogP contribution in [-0.4, -0.2) is 14.8 Å². The number of aryl methyl sites for hydroxylation is 2. The Hall–Kier alpha value is -4.33. The lowest BCUT2D eigenvalue weighted by Gasteiger charge is -2.13. The smallest absolute Gasteiger partial charge is 0.417 e. The minimum absolute atomic E-state index is 0.0689. The van der Waals surface area contributed by atoms with Crippen LogP contribution in [0.3, 0.4) is 0 Å². The summed E-state index contributed by atoms with van der Waals surface area (Å²) in [5, 5.41) is 5.65. The molecular formula is C34H24Cl2F3N3O. The van der Waals surface area contributed by atoms with Crippen LogP contribution < -0.4 is 4.74 Å². The summed E-state index contributed by atoms with van der Waals surface area (Å²) in [6.07, 6.45) is -4.67. The van der Waals surface area contributed by atoms with Crippen LogP contribution in [0.1, 0.15) is 22.3 Å². The van der Waals surface area contributed by atoms with E-state index in [9.17, 15) is 13.2 Å². The third-order valence-electron chi connectivity index (χ3n) is 7.17. The zero-order valence-electron chi connectivity index (χ0n) is 23.1. The lowest BCUT2D eigenvalue weighted by atomic mass is 10.0. The summed E-state index contributed by atoms with van der Waals surface area (Å²) >= 11 is 12.6. The Labute approximate surface area is 256 Å². The van der Waals surface area contributed by atoms with Gasteiger partial charge in [0, 0.05) is 26.7 Å². The highest BCUT2D eigenvalue weighted by molar-refractivity contribution is 6.31. The van der Waals surface area contributed by atoms with Gasteiger partial charge in [0.2, 0.25) is 0 Å². The maximum Gasteiger partial charge on any atom is 0.417 e. The van der Waals surface area contributed by atoms with Crippen LogP contribution in [0.25, 0.3) is 39.2 Å². The molecule has 0 unspecified atom stereocenters. The van der Waals surface area contributed by atoms with Gasteiger partial charge in [0.15, 0.2) is 5.65 Å². The average Bonchev–Trinajstić information content (AvgIpc) is 3.37. The minimum atomic E-state index is -4.67. The molecule has 4 aromatic carbocycles. The number of benzene rings is 4. The van der Waals surface area contributed by atoms with Crippen LogP contribution in [0.15, 0.2) is 97.1 Å². The van der Waals surface area contributed by atoms with Gasteiger partial charge in [-0.2, -0.15) is 18.3 Å². The van der Waals surface area contributed by atoms with Gasteiger partial charge >= 0.3 is 6.18 Å². The largest absolute Gasteiger partial charge is 0.489 e. The standard InChI is InChI=1S/C34H24Cl2F3N3O/c1-20-7-10-23(11-8-20)32-31-27(34(37,38)39)18-30(40-33(31)42(41-32)25-14-9-21(2)29(36)17-25)22-12-15-26(16-13-22)43-19-24-5-3-4-6-28(24)35/h3-18H,19H2,1-2H3. The topological polar surface area (TPSA) is 39.9 Å². The Kier molecular flexibility index (Phi) is 7.63. The van der Waals surface area contributed by atoms with Crippen molar-refractivity contribution >= 4 is 34.2 Å². The summed E-state index contributed by atoms with van der Waals surface area (Å²) in [4.78, 5) is 4.75. The Balaban J connectivity index is 1.49. The molecule has 0 aliphatic carbocycles. The van der Waals surface area contributed by atoms with Crippen LogP contribution >= 0.6 is 23.2 Å². The highest BCUT2D eigenvalue weighted by atomic mass is 35.5. The second-order valence-corrected chi connectivity index (χ2v) is 11.0. The van der Waals surface area contributed by atoms with Crippen LogP contribution in [0, 0.1) is 13.8 Å². The number of fused-ring (bicyclic) bond motifs is 1. The highest BCUT2D eigenvalue weighted by Gasteiger charge is 2.36. The normalized spacial score (nSPS) is 11.7. The fourth-order valence-electron chi connectivity index (χ4n) is 4.79. The Morgan fingerprint density at radius 1 is 0.791 bits per heavy atom. The molecule has 6 aromatic rings. The zero-order valence-corrected chi connectivity index (χ0v) is 24.6. The van der Waals surface area contributed by atoms with Crippen molar-refractivity contribution in [3.63, 3.8) is 0 Å². The maximum atomic E-state index is 14.7. The molecule has 0 bridgehead atoms. The third-order valence-corrected chi connectivity index (χ3v) is 7.95. The highest BCUT2D eigenvalue weighted by Crippen LogP contribution is 2.42. The molecule has 4 nitrogen and oxygen atoms in total. The van der Waals surface area contributed by atoms with Crippen molar-refractivity contribution in [3.8, 4) is 34.0 Å². The third kappa shape index (κ3) is 5.83. The molecule has 0 aliphatic heterocycles. The Bertz CT molecular complexity index is 1950.